The van der Waals surface area contributed by atoms with E-state index < -0.39 is 0 Å². The molecule has 1 nitrogen and oxygen atoms in total. The summed E-state index contributed by atoms with van der Waals surface area (Å²) in [6, 6.07) is 19.2. The summed E-state index contributed by atoms with van der Waals surface area (Å²) in [7, 11) is 0. The van der Waals surface area contributed by atoms with Crippen LogP contribution >= 0.6 is 0 Å². The Kier molecular flexibility index (Phi) is 1.82. The Morgan fingerprint density at radius 2 is 1.80 bits per heavy atom. The first kappa shape index (κ1) is 8.30. The maximum atomic E-state index is 5.48. The fourth-order valence-electron chi connectivity index (χ4n) is 1.75. The molecule has 3 rings (SSSR count). The number of furan rings is 1. The zero-order valence-corrected chi connectivity index (χ0v) is 8.10. The smallest absolute Gasteiger partial charge is 0.134 e. The van der Waals surface area contributed by atoms with Crippen molar-refractivity contribution in [2.24, 2.45) is 0 Å². The minimum Gasteiger partial charge on any atom is -0.464 e. The van der Waals surface area contributed by atoms with E-state index in [1.54, 1.807) is 6.26 Å². The predicted octanol–water partition coefficient (Wildman–Crippen LogP) is 3.90. The molecule has 0 aliphatic rings. The third-order valence-corrected chi connectivity index (χ3v) is 2.48. The highest BCUT2D eigenvalue weighted by atomic mass is 16.3. The number of hydrogen-bond acceptors (Lipinski definition) is 1. The van der Waals surface area contributed by atoms with Gasteiger partial charge in [0.15, 0.2) is 0 Å². The Morgan fingerprint density at radius 3 is 2.67 bits per heavy atom. The SMILES string of the molecule is [c]1ccccc1-c1coc2ccccc12. The molecule has 15 heavy (non-hydrogen) atoms. The molecule has 0 saturated carbocycles. The van der Waals surface area contributed by atoms with Crippen molar-refractivity contribution < 1.29 is 4.42 Å². The number of benzene rings is 2. The molecule has 1 radical (unpaired) electrons. The molecule has 0 unspecified atom stereocenters. The molecule has 0 amide bonds. The van der Waals surface area contributed by atoms with Crippen LogP contribution in [-0.2, 0) is 0 Å². The lowest BCUT2D eigenvalue weighted by atomic mass is 10.1. The fourth-order valence-corrected chi connectivity index (χ4v) is 1.75. The lowest BCUT2D eigenvalue weighted by Gasteiger charge is -1.95. The standard InChI is InChI=1S/C14H9O/c1-2-6-11(7-3-1)13-10-15-14-9-5-4-8-12(13)14/h1-6,8-10H. The van der Waals surface area contributed by atoms with E-state index in [-0.39, 0.29) is 0 Å². The van der Waals surface area contributed by atoms with Crippen molar-refractivity contribution in [3.8, 4) is 11.1 Å². The predicted molar refractivity (Wildman–Crippen MR) is 60.5 cm³/mol. The van der Waals surface area contributed by atoms with E-state index in [0.717, 1.165) is 22.1 Å². The summed E-state index contributed by atoms with van der Waals surface area (Å²) in [6.07, 6.45) is 1.79. The molecule has 0 N–H and O–H groups in total. The van der Waals surface area contributed by atoms with Crippen molar-refractivity contribution in [2.75, 3.05) is 0 Å². The molecule has 71 valence electrons. The van der Waals surface area contributed by atoms with Crippen LogP contribution in [0.5, 0.6) is 0 Å². The summed E-state index contributed by atoms with van der Waals surface area (Å²) < 4.78 is 5.48. The lowest BCUT2D eigenvalue weighted by Crippen LogP contribution is -1.73. The second-order valence-corrected chi connectivity index (χ2v) is 3.42. The van der Waals surface area contributed by atoms with E-state index in [9.17, 15) is 0 Å². The summed E-state index contributed by atoms with van der Waals surface area (Å²) in [5, 5.41) is 1.14. The summed E-state index contributed by atoms with van der Waals surface area (Å²) in [6.45, 7) is 0. The summed E-state index contributed by atoms with van der Waals surface area (Å²) in [4.78, 5) is 0. The fraction of sp³-hybridized carbons (Fsp3) is 0. The first-order valence-electron chi connectivity index (χ1n) is 4.88. The van der Waals surface area contributed by atoms with Crippen LogP contribution in [0.15, 0.2) is 59.2 Å². The molecule has 0 fully saturated rings. The van der Waals surface area contributed by atoms with Gasteiger partial charge in [0, 0.05) is 10.9 Å². The largest absolute Gasteiger partial charge is 0.464 e. The topological polar surface area (TPSA) is 13.1 Å². The van der Waals surface area contributed by atoms with Crippen LogP contribution in [0.1, 0.15) is 0 Å². The van der Waals surface area contributed by atoms with Crippen molar-refractivity contribution in [2.45, 2.75) is 0 Å². The van der Waals surface area contributed by atoms with E-state index >= 15 is 0 Å². The van der Waals surface area contributed by atoms with Crippen molar-refractivity contribution >= 4 is 11.0 Å². The Bertz CT molecular complexity index is 578. The van der Waals surface area contributed by atoms with Crippen LogP contribution in [-0.4, -0.2) is 0 Å². The molecule has 0 aliphatic heterocycles. The van der Waals surface area contributed by atoms with E-state index in [1.165, 1.54) is 0 Å². The van der Waals surface area contributed by atoms with Gasteiger partial charge < -0.3 is 4.42 Å². The molecule has 0 saturated heterocycles. The maximum Gasteiger partial charge on any atom is 0.134 e. The first-order valence-corrected chi connectivity index (χ1v) is 4.88. The quantitative estimate of drug-likeness (QED) is 0.571. The van der Waals surface area contributed by atoms with Gasteiger partial charge in [-0.15, -0.1) is 0 Å². The molecular weight excluding hydrogens is 184 g/mol. The molecule has 0 bridgehead atoms. The van der Waals surface area contributed by atoms with Crippen molar-refractivity contribution in [1.82, 2.24) is 0 Å². The van der Waals surface area contributed by atoms with Gasteiger partial charge >= 0.3 is 0 Å². The Balaban J connectivity index is 2.28. The second-order valence-electron chi connectivity index (χ2n) is 3.42. The van der Waals surface area contributed by atoms with Crippen LogP contribution in [0, 0.1) is 6.07 Å². The summed E-state index contributed by atoms with van der Waals surface area (Å²) >= 11 is 0. The van der Waals surface area contributed by atoms with Gasteiger partial charge in [-0.25, -0.2) is 0 Å². The minimum atomic E-state index is 0.921. The van der Waals surface area contributed by atoms with E-state index in [4.69, 9.17) is 4.42 Å². The van der Waals surface area contributed by atoms with Crippen molar-refractivity contribution in [3.63, 3.8) is 0 Å². The molecular formula is C14H9O. The molecule has 0 aliphatic carbocycles. The zero-order chi connectivity index (χ0) is 10.1. The van der Waals surface area contributed by atoms with Crippen molar-refractivity contribution in [3.05, 3.63) is 60.9 Å². The monoisotopic (exact) mass is 193 g/mol. The van der Waals surface area contributed by atoms with Gasteiger partial charge in [-0.2, -0.15) is 0 Å². The molecule has 1 aromatic heterocycles. The van der Waals surface area contributed by atoms with Crippen LogP contribution in [0.3, 0.4) is 0 Å². The highest BCUT2D eigenvalue weighted by molar-refractivity contribution is 5.93. The van der Waals surface area contributed by atoms with E-state index in [0.29, 0.717) is 0 Å². The van der Waals surface area contributed by atoms with E-state index in [2.05, 4.69) is 12.1 Å². The van der Waals surface area contributed by atoms with Crippen LogP contribution in [0.4, 0.5) is 0 Å². The molecule has 0 atom stereocenters. The third-order valence-electron chi connectivity index (χ3n) is 2.48. The third kappa shape index (κ3) is 1.33. The lowest BCUT2D eigenvalue weighted by molar-refractivity contribution is 0.617. The highest BCUT2D eigenvalue weighted by Crippen LogP contribution is 2.29. The van der Waals surface area contributed by atoms with Crippen LogP contribution in [0.25, 0.3) is 22.1 Å². The molecule has 1 heterocycles. The number of hydrogen-bond donors (Lipinski definition) is 0. The Labute approximate surface area is 88.0 Å². The average Bonchev–Trinajstić information content (AvgIpc) is 2.74. The van der Waals surface area contributed by atoms with Gasteiger partial charge in [0.25, 0.3) is 0 Å². The maximum absolute atomic E-state index is 5.48. The minimum absolute atomic E-state index is 0.921. The summed E-state index contributed by atoms with van der Waals surface area (Å²) in [5.74, 6) is 0. The van der Waals surface area contributed by atoms with E-state index in [1.807, 2.05) is 42.5 Å². The number of rotatable bonds is 1. The Hall–Kier alpha value is -2.02. The zero-order valence-electron chi connectivity index (χ0n) is 8.10. The normalized spacial score (nSPS) is 10.7. The van der Waals surface area contributed by atoms with Gasteiger partial charge in [0.05, 0.1) is 6.26 Å². The van der Waals surface area contributed by atoms with Crippen LogP contribution in [0.2, 0.25) is 0 Å². The van der Waals surface area contributed by atoms with Gasteiger partial charge in [0.1, 0.15) is 5.58 Å². The molecule has 2 aromatic carbocycles. The van der Waals surface area contributed by atoms with Gasteiger partial charge in [-0.1, -0.05) is 42.5 Å². The second kappa shape index (κ2) is 3.28. The van der Waals surface area contributed by atoms with Crippen LogP contribution < -0.4 is 0 Å². The molecule has 3 aromatic rings. The number of para-hydroxylation sites is 1. The molecule has 0 spiro atoms. The van der Waals surface area contributed by atoms with Gasteiger partial charge in [-0.3, -0.25) is 0 Å². The Morgan fingerprint density at radius 1 is 0.933 bits per heavy atom. The summed E-state index contributed by atoms with van der Waals surface area (Å²) in [5.41, 5.74) is 3.10. The highest BCUT2D eigenvalue weighted by Gasteiger charge is 2.06. The molecule has 1 heteroatoms. The van der Waals surface area contributed by atoms with Gasteiger partial charge in [0.2, 0.25) is 0 Å². The van der Waals surface area contributed by atoms with Crippen molar-refractivity contribution in [1.29, 1.82) is 0 Å². The number of fused-ring (bicyclic) bond motifs is 1. The average molecular weight is 193 g/mol. The first-order chi connectivity index (χ1) is 7.45. The van der Waals surface area contributed by atoms with Gasteiger partial charge in [-0.05, 0) is 17.7 Å².